The first-order valence-electron chi connectivity index (χ1n) is 10.5. The summed E-state index contributed by atoms with van der Waals surface area (Å²) in [7, 11) is 0. The number of carbonyl (C=O) groups excluding carboxylic acids is 3. The quantitative estimate of drug-likeness (QED) is 0.568. The molecule has 0 radical (unpaired) electrons. The molecule has 0 aromatic heterocycles. The summed E-state index contributed by atoms with van der Waals surface area (Å²) in [5, 5.41) is 5.67. The average molecular weight is 428 g/mol. The number of benzene rings is 3. The van der Waals surface area contributed by atoms with Gasteiger partial charge in [0.25, 0.3) is 5.91 Å². The first kappa shape index (κ1) is 21.3. The van der Waals surface area contributed by atoms with Crippen LogP contribution in [0.4, 0.5) is 4.79 Å². The molecule has 1 aliphatic heterocycles. The lowest BCUT2D eigenvalue weighted by atomic mass is 9.83. The second-order valence-corrected chi connectivity index (χ2v) is 8.02. The molecular formula is C26H25N3O3. The van der Waals surface area contributed by atoms with Gasteiger partial charge in [-0.2, -0.15) is 0 Å². The molecule has 3 aromatic carbocycles. The second-order valence-electron chi connectivity index (χ2n) is 8.02. The highest BCUT2D eigenvalue weighted by Crippen LogP contribution is 2.32. The smallest absolute Gasteiger partial charge is 0.325 e. The Kier molecular flexibility index (Phi) is 6.03. The number of urea groups is 1. The zero-order chi connectivity index (χ0) is 22.6. The van der Waals surface area contributed by atoms with E-state index in [0.717, 1.165) is 21.6 Å². The Balaban J connectivity index is 1.53. The van der Waals surface area contributed by atoms with E-state index in [9.17, 15) is 14.4 Å². The first-order chi connectivity index (χ1) is 15.5. The molecule has 2 N–H and O–H groups in total. The minimum atomic E-state index is -1.25. The number of hydrogen-bond acceptors (Lipinski definition) is 3. The molecule has 1 heterocycles. The molecule has 1 fully saturated rings. The number of aryl methyl sites for hydroxylation is 1. The number of hydrogen-bond donors (Lipinski definition) is 2. The van der Waals surface area contributed by atoms with Crippen LogP contribution in [0.3, 0.4) is 0 Å². The van der Waals surface area contributed by atoms with Crippen molar-refractivity contribution in [2.45, 2.75) is 25.4 Å². The molecule has 0 spiro atoms. The molecule has 162 valence electrons. The minimum Gasteiger partial charge on any atom is -0.350 e. The van der Waals surface area contributed by atoms with Gasteiger partial charge in [-0.1, -0.05) is 90.5 Å². The largest absolute Gasteiger partial charge is 0.350 e. The summed E-state index contributed by atoms with van der Waals surface area (Å²) >= 11 is 0. The molecular weight excluding hydrogens is 402 g/mol. The molecule has 0 bridgehead atoms. The number of amides is 4. The number of carbonyl (C=O) groups is 3. The molecule has 6 heteroatoms. The Hall–Kier alpha value is -3.93. The summed E-state index contributed by atoms with van der Waals surface area (Å²) in [6.07, 6.45) is 0.296. The van der Waals surface area contributed by atoms with Crippen LogP contribution in [0, 0.1) is 6.92 Å². The lowest BCUT2D eigenvalue weighted by molar-refractivity contribution is -0.135. The highest BCUT2D eigenvalue weighted by atomic mass is 16.2. The molecule has 3 aromatic rings. The van der Waals surface area contributed by atoms with Gasteiger partial charge in [0.15, 0.2) is 5.54 Å². The van der Waals surface area contributed by atoms with Crippen LogP contribution in [0.1, 0.15) is 22.3 Å². The zero-order valence-corrected chi connectivity index (χ0v) is 17.9. The van der Waals surface area contributed by atoms with Gasteiger partial charge >= 0.3 is 6.03 Å². The lowest BCUT2D eigenvalue weighted by Gasteiger charge is -2.27. The number of imide groups is 1. The maximum atomic E-state index is 13.6. The minimum absolute atomic E-state index is 0.296. The molecule has 32 heavy (non-hydrogen) atoms. The second kappa shape index (κ2) is 9.06. The van der Waals surface area contributed by atoms with Gasteiger partial charge in [0.1, 0.15) is 6.54 Å². The van der Waals surface area contributed by atoms with Crippen molar-refractivity contribution in [3.8, 4) is 0 Å². The Morgan fingerprint density at radius 1 is 0.875 bits per heavy atom. The van der Waals surface area contributed by atoms with Crippen molar-refractivity contribution in [3.63, 3.8) is 0 Å². The van der Waals surface area contributed by atoms with Crippen LogP contribution in [0.5, 0.6) is 0 Å². The zero-order valence-electron chi connectivity index (χ0n) is 17.9. The maximum Gasteiger partial charge on any atom is 0.325 e. The molecule has 0 aliphatic carbocycles. The summed E-state index contributed by atoms with van der Waals surface area (Å²) in [5.41, 5.74) is 2.43. The van der Waals surface area contributed by atoms with E-state index in [0.29, 0.717) is 18.5 Å². The number of nitrogens with one attached hydrogen (secondary N) is 2. The summed E-state index contributed by atoms with van der Waals surface area (Å²) in [6.45, 7) is 1.99. The van der Waals surface area contributed by atoms with Crippen molar-refractivity contribution in [2.24, 2.45) is 0 Å². The van der Waals surface area contributed by atoms with Crippen LogP contribution >= 0.6 is 0 Å². The summed E-state index contributed by atoms with van der Waals surface area (Å²) in [6, 6.07) is 25.9. The predicted octanol–water partition coefficient (Wildman–Crippen LogP) is 3.30. The van der Waals surface area contributed by atoms with Crippen LogP contribution < -0.4 is 10.6 Å². The molecule has 0 saturated carbocycles. The molecule has 0 unspecified atom stereocenters. The van der Waals surface area contributed by atoms with E-state index in [1.165, 1.54) is 0 Å². The van der Waals surface area contributed by atoms with Crippen molar-refractivity contribution in [3.05, 3.63) is 107 Å². The van der Waals surface area contributed by atoms with Gasteiger partial charge in [0.2, 0.25) is 5.91 Å². The Labute approximate surface area is 187 Å². The van der Waals surface area contributed by atoms with E-state index in [1.807, 2.05) is 91.9 Å². The van der Waals surface area contributed by atoms with Crippen LogP contribution in [0.25, 0.3) is 0 Å². The van der Waals surface area contributed by atoms with Gasteiger partial charge in [-0.3, -0.25) is 14.5 Å². The molecule has 1 aliphatic rings. The van der Waals surface area contributed by atoms with E-state index in [-0.39, 0.29) is 6.54 Å². The Morgan fingerprint density at radius 2 is 1.50 bits per heavy atom. The fourth-order valence-corrected chi connectivity index (χ4v) is 3.92. The SMILES string of the molecule is Cc1ccc(CNC(=O)CN2C(=O)N[C@](Cc3ccccc3)(c3ccccc3)C2=O)cc1. The Morgan fingerprint density at radius 3 is 2.16 bits per heavy atom. The van der Waals surface area contributed by atoms with E-state index in [2.05, 4.69) is 10.6 Å². The van der Waals surface area contributed by atoms with Gasteiger partial charge in [-0.15, -0.1) is 0 Å². The topological polar surface area (TPSA) is 78.5 Å². The standard InChI is InChI=1S/C26H25N3O3/c1-19-12-14-21(15-13-19)17-27-23(30)18-29-24(31)26(28-25(29)32,22-10-6-3-7-11-22)16-20-8-4-2-5-9-20/h2-15H,16-18H2,1H3,(H,27,30)(H,28,32)/t26-/m1/s1. The Bertz CT molecular complexity index is 1110. The highest BCUT2D eigenvalue weighted by molar-refractivity contribution is 6.09. The van der Waals surface area contributed by atoms with Gasteiger partial charge < -0.3 is 10.6 Å². The maximum absolute atomic E-state index is 13.6. The van der Waals surface area contributed by atoms with E-state index >= 15 is 0 Å². The summed E-state index contributed by atoms with van der Waals surface area (Å²) < 4.78 is 0. The summed E-state index contributed by atoms with van der Waals surface area (Å²) in [5.74, 6) is -0.819. The third kappa shape index (κ3) is 4.39. The molecule has 1 saturated heterocycles. The van der Waals surface area contributed by atoms with Crippen molar-refractivity contribution < 1.29 is 14.4 Å². The van der Waals surface area contributed by atoms with Crippen molar-refractivity contribution in [2.75, 3.05) is 6.54 Å². The van der Waals surface area contributed by atoms with Gasteiger partial charge in [0.05, 0.1) is 0 Å². The summed E-state index contributed by atoms with van der Waals surface area (Å²) in [4.78, 5) is 39.9. The van der Waals surface area contributed by atoms with Crippen LogP contribution in [0.15, 0.2) is 84.9 Å². The normalized spacial score (nSPS) is 17.8. The van der Waals surface area contributed by atoms with Crippen LogP contribution in [0.2, 0.25) is 0 Å². The average Bonchev–Trinajstić information content (AvgIpc) is 3.05. The predicted molar refractivity (Wildman–Crippen MR) is 122 cm³/mol. The highest BCUT2D eigenvalue weighted by Gasteiger charge is 2.52. The van der Waals surface area contributed by atoms with E-state index in [4.69, 9.17) is 0 Å². The third-order valence-corrected chi connectivity index (χ3v) is 5.67. The fourth-order valence-electron chi connectivity index (χ4n) is 3.92. The molecule has 4 amide bonds. The van der Waals surface area contributed by atoms with Crippen molar-refractivity contribution in [1.82, 2.24) is 15.5 Å². The van der Waals surface area contributed by atoms with Gasteiger partial charge in [0, 0.05) is 13.0 Å². The molecule has 4 rings (SSSR count). The van der Waals surface area contributed by atoms with Crippen molar-refractivity contribution in [1.29, 1.82) is 0 Å². The number of nitrogens with zero attached hydrogens (tertiary/aromatic N) is 1. The van der Waals surface area contributed by atoms with Crippen molar-refractivity contribution >= 4 is 17.8 Å². The van der Waals surface area contributed by atoms with Crippen LogP contribution in [-0.4, -0.2) is 29.3 Å². The van der Waals surface area contributed by atoms with Gasteiger partial charge in [-0.25, -0.2) is 4.79 Å². The first-order valence-corrected chi connectivity index (χ1v) is 10.5. The van der Waals surface area contributed by atoms with E-state index < -0.39 is 23.4 Å². The monoisotopic (exact) mass is 427 g/mol. The number of rotatable bonds is 7. The third-order valence-electron chi connectivity index (χ3n) is 5.67. The van der Waals surface area contributed by atoms with E-state index in [1.54, 1.807) is 0 Å². The molecule has 6 nitrogen and oxygen atoms in total. The fraction of sp³-hybridized carbons (Fsp3) is 0.192. The van der Waals surface area contributed by atoms with Crippen LogP contribution in [-0.2, 0) is 28.1 Å². The molecule has 1 atom stereocenters. The van der Waals surface area contributed by atoms with Gasteiger partial charge in [-0.05, 0) is 23.6 Å². The lowest BCUT2D eigenvalue weighted by Crippen LogP contribution is -2.46.